The molecule has 3 rings (SSSR count). The topological polar surface area (TPSA) is 104 Å². The van der Waals surface area contributed by atoms with Crippen LogP contribution in [-0.4, -0.2) is 44.5 Å². The number of nitrogens with one attached hydrogen (secondary N) is 1. The molecule has 0 saturated carbocycles. The van der Waals surface area contributed by atoms with Crippen molar-refractivity contribution in [2.45, 2.75) is 79.4 Å². The van der Waals surface area contributed by atoms with E-state index in [9.17, 15) is 4.79 Å². The molecule has 2 heterocycles. The number of benzene rings is 1. The van der Waals surface area contributed by atoms with Crippen molar-refractivity contribution >= 4 is 11.4 Å². The van der Waals surface area contributed by atoms with Crippen LogP contribution in [0, 0.1) is 5.41 Å². The number of aromatic nitrogens is 4. The van der Waals surface area contributed by atoms with Gasteiger partial charge in [-0.2, -0.15) is 4.52 Å². The fourth-order valence-electron chi connectivity index (χ4n) is 3.81. The van der Waals surface area contributed by atoms with E-state index in [2.05, 4.69) is 44.8 Å². The lowest BCUT2D eigenvalue weighted by Crippen LogP contribution is -2.27. The van der Waals surface area contributed by atoms with Crippen molar-refractivity contribution < 1.29 is 19.0 Å². The molecule has 0 aliphatic carbocycles. The van der Waals surface area contributed by atoms with Crippen LogP contribution in [0.3, 0.4) is 0 Å². The Morgan fingerprint density at radius 2 is 1.71 bits per heavy atom. The number of ketones is 1. The summed E-state index contributed by atoms with van der Waals surface area (Å²) in [5, 5.41) is 17.3. The van der Waals surface area contributed by atoms with Crippen molar-refractivity contribution in [3.63, 3.8) is 0 Å². The highest BCUT2D eigenvalue weighted by Gasteiger charge is 2.25. The van der Waals surface area contributed by atoms with Gasteiger partial charge in [0.1, 0.15) is 6.54 Å². The van der Waals surface area contributed by atoms with Crippen LogP contribution < -0.4 is 19.8 Å². The van der Waals surface area contributed by atoms with Crippen LogP contribution in [0.15, 0.2) is 24.3 Å². The Bertz CT molecular complexity index is 1230. The van der Waals surface area contributed by atoms with Crippen molar-refractivity contribution in [2.24, 2.45) is 0 Å². The minimum atomic E-state index is -0.265. The van der Waals surface area contributed by atoms with Crippen LogP contribution in [0.25, 0.3) is 5.65 Å². The predicted molar refractivity (Wildman–Crippen MR) is 134 cm³/mol. The van der Waals surface area contributed by atoms with E-state index in [1.807, 2.05) is 19.9 Å². The summed E-state index contributed by atoms with van der Waals surface area (Å²) in [5.74, 6) is 1.45. The molecule has 3 aromatic rings. The number of hydrogen-bond donors (Lipinski definition) is 1. The Hall–Kier alpha value is -3.36. The van der Waals surface area contributed by atoms with Crippen molar-refractivity contribution in [1.29, 1.82) is 5.41 Å². The minimum absolute atomic E-state index is 0.00430. The lowest BCUT2D eigenvalue weighted by Gasteiger charge is -2.25. The highest BCUT2D eigenvalue weighted by Crippen LogP contribution is 2.40. The summed E-state index contributed by atoms with van der Waals surface area (Å²) in [5.41, 5.74) is 1.58. The van der Waals surface area contributed by atoms with Crippen LogP contribution in [0.4, 0.5) is 0 Å². The lowest BCUT2D eigenvalue weighted by molar-refractivity contribution is 0.0965. The molecule has 0 saturated heterocycles. The second-order valence-corrected chi connectivity index (χ2v) is 9.37. The lowest BCUT2D eigenvalue weighted by atomic mass is 9.84. The first kappa shape index (κ1) is 26.2. The summed E-state index contributed by atoms with van der Waals surface area (Å²) in [6.07, 6.45) is 1.79. The Kier molecular flexibility index (Phi) is 8.19. The number of ether oxygens (including phenoxy) is 3. The molecule has 0 amide bonds. The third-order valence-corrected chi connectivity index (χ3v) is 5.72. The van der Waals surface area contributed by atoms with Gasteiger partial charge in [-0.3, -0.25) is 10.2 Å². The molecular formula is C26H37N5O4. The predicted octanol–water partition coefficient (Wildman–Crippen LogP) is 4.56. The van der Waals surface area contributed by atoms with Gasteiger partial charge in [-0.25, -0.2) is 4.68 Å². The van der Waals surface area contributed by atoms with E-state index in [1.54, 1.807) is 18.2 Å². The summed E-state index contributed by atoms with van der Waals surface area (Å²) >= 11 is 0. The van der Waals surface area contributed by atoms with Gasteiger partial charge in [0.25, 0.3) is 0 Å². The van der Waals surface area contributed by atoms with E-state index < -0.39 is 0 Å². The van der Waals surface area contributed by atoms with Gasteiger partial charge in [-0.15, -0.1) is 10.2 Å². The molecule has 0 aliphatic heterocycles. The van der Waals surface area contributed by atoms with Gasteiger partial charge < -0.3 is 14.2 Å². The van der Waals surface area contributed by atoms with E-state index in [1.165, 1.54) is 9.20 Å². The zero-order chi connectivity index (χ0) is 25.8. The summed E-state index contributed by atoms with van der Waals surface area (Å²) in [6, 6.07) is 7.05. The molecule has 1 aromatic carbocycles. The van der Waals surface area contributed by atoms with Crippen LogP contribution in [0.1, 0.15) is 77.2 Å². The number of carbonyl (C=O) groups is 1. The molecule has 0 aliphatic rings. The molecule has 9 nitrogen and oxygen atoms in total. The van der Waals surface area contributed by atoms with E-state index in [-0.39, 0.29) is 29.5 Å². The number of carbonyl (C=O) groups excluding carboxylic acids is 1. The van der Waals surface area contributed by atoms with Gasteiger partial charge in [-0.1, -0.05) is 34.6 Å². The second-order valence-electron chi connectivity index (χ2n) is 9.37. The molecule has 35 heavy (non-hydrogen) atoms. The first-order valence-electron chi connectivity index (χ1n) is 12.3. The molecule has 0 unspecified atom stereocenters. The fraction of sp³-hybridized carbons (Fsp3) is 0.538. The van der Waals surface area contributed by atoms with Crippen molar-refractivity contribution in [1.82, 2.24) is 19.4 Å². The van der Waals surface area contributed by atoms with Crippen molar-refractivity contribution in [3.8, 4) is 17.4 Å². The smallest absolute Gasteiger partial charge is 0.242 e. The van der Waals surface area contributed by atoms with Crippen LogP contribution >= 0.6 is 0 Å². The highest BCUT2D eigenvalue weighted by atomic mass is 16.5. The Morgan fingerprint density at radius 1 is 1.03 bits per heavy atom. The number of nitrogens with zero attached hydrogens (tertiary/aromatic N) is 4. The SMILES string of the molecule is CCOc1cc(C(=O)Cn2nc3ccc(OC(CC)CC)nn3c2=N)cc(C(C)(C)C)c1OCC. The van der Waals surface area contributed by atoms with Crippen molar-refractivity contribution in [2.75, 3.05) is 13.2 Å². The maximum atomic E-state index is 13.3. The molecule has 1 N–H and O–H groups in total. The molecule has 0 fully saturated rings. The maximum absolute atomic E-state index is 13.3. The molecule has 9 heteroatoms. The third-order valence-electron chi connectivity index (χ3n) is 5.72. The Balaban J connectivity index is 1.97. The van der Waals surface area contributed by atoms with Crippen molar-refractivity contribution in [3.05, 3.63) is 41.0 Å². The second kappa shape index (κ2) is 10.9. The quantitative estimate of drug-likeness (QED) is 0.401. The van der Waals surface area contributed by atoms with Crippen LogP contribution in [-0.2, 0) is 12.0 Å². The van der Waals surface area contributed by atoms with Gasteiger partial charge in [0.2, 0.25) is 11.5 Å². The van der Waals surface area contributed by atoms with Gasteiger partial charge >= 0.3 is 0 Å². The Morgan fingerprint density at radius 3 is 2.31 bits per heavy atom. The minimum Gasteiger partial charge on any atom is -0.490 e. The van der Waals surface area contributed by atoms with Crippen LogP contribution in [0.5, 0.6) is 17.4 Å². The molecule has 0 bridgehead atoms. The maximum Gasteiger partial charge on any atom is 0.242 e. The number of Topliss-reactive ketones (excluding diaryl/α,β-unsaturated/α-hetero) is 1. The molecule has 2 aromatic heterocycles. The van der Waals surface area contributed by atoms with E-state index >= 15 is 0 Å². The standard InChI is InChI=1S/C26H37N5O4/c1-8-18(9-2)35-23-13-12-22-28-30(25(27)31(22)29-23)16-20(32)17-14-19(26(5,6)7)24(34-11-4)21(15-17)33-10-3/h12-15,18,27H,8-11,16H2,1-7H3. The monoisotopic (exact) mass is 483 g/mol. The average molecular weight is 484 g/mol. The van der Waals surface area contributed by atoms with E-state index in [4.69, 9.17) is 19.6 Å². The first-order chi connectivity index (χ1) is 16.6. The normalized spacial score (nSPS) is 11.8. The number of rotatable bonds is 11. The summed E-state index contributed by atoms with van der Waals surface area (Å²) < 4.78 is 20.4. The molecular weight excluding hydrogens is 446 g/mol. The zero-order valence-corrected chi connectivity index (χ0v) is 21.8. The summed E-state index contributed by atoms with van der Waals surface area (Å²) in [6.45, 7) is 15.0. The number of hydrogen-bond acceptors (Lipinski definition) is 7. The average Bonchev–Trinajstić information content (AvgIpc) is 3.12. The molecule has 0 spiro atoms. The van der Waals surface area contributed by atoms with Crippen LogP contribution in [0.2, 0.25) is 0 Å². The van der Waals surface area contributed by atoms with Gasteiger partial charge in [0.05, 0.1) is 19.3 Å². The molecule has 190 valence electrons. The first-order valence-corrected chi connectivity index (χ1v) is 12.3. The molecule has 0 radical (unpaired) electrons. The Labute approximate surface area is 206 Å². The van der Waals surface area contributed by atoms with Gasteiger partial charge in [-0.05, 0) is 50.3 Å². The third kappa shape index (κ3) is 5.83. The highest BCUT2D eigenvalue weighted by molar-refractivity contribution is 5.97. The van der Waals surface area contributed by atoms with E-state index in [0.29, 0.717) is 41.8 Å². The van der Waals surface area contributed by atoms with E-state index in [0.717, 1.165) is 18.4 Å². The van der Waals surface area contributed by atoms with Gasteiger partial charge in [0.15, 0.2) is 22.9 Å². The fourth-order valence-corrected chi connectivity index (χ4v) is 3.81. The molecule has 0 atom stereocenters. The zero-order valence-electron chi connectivity index (χ0n) is 21.8. The summed E-state index contributed by atoms with van der Waals surface area (Å²) in [7, 11) is 0. The van der Waals surface area contributed by atoms with Gasteiger partial charge in [0, 0.05) is 17.2 Å². The summed E-state index contributed by atoms with van der Waals surface area (Å²) in [4.78, 5) is 13.3. The number of fused-ring (bicyclic) bond motifs is 1. The largest absolute Gasteiger partial charge is 0.490 e.